The average molecular weight is 337 g/mol. The van der Waals surface area contributed by atoms with Crippen LogP contribution in [-0.4, -0.2) is 64.9 Å². The summed E-state index contributed by atoms with van der Waals surface area (Å²) in [5.74, 6) is 0.0147. The van der Waals surface area contributed by atoms with Crippen molar-refractivity contribution in [3.05, 3.63) is 23.8 Å². The number of pyridine rings is 1. The molecule has 0 bridgehead atoms. The molecule has 0 atom stereocenters. The van der Waals surface area contributed by atoms with Crippen LogP contribution < -0.4 is 10.2 Å². The molecule has 3 rings (SSSR count). The molecule has 0 amide bonds. The zero-order valence-electron chi connectivity index (χ0n) is 13.1. The zero-order valence-corrected chi connectivity index (χ0v) is 13.9. The number of thiocarbonyl (C=S) groups is 1. The number of hydrogen-bond acceptors (Lipinski definition) is 5. The SMILES string of the molecule is CCN1CCN(C(=S)N/N=C2/CCOc3ccc(F)nc32)CC1. The van der Waals surface area contributed by atoms with E-state index in [2.05, 4.69) is 32.2 Å². The first-order valence-electron chi connectivity index (χ1n) is 7.81. The molecule has 1 aromatic rings. The van der Waals surface area contributed by atoms with Gasteiger partial charge >= 0.3 is 0 Å². The fourth-order valence-electron chi connectivity index (χ4n) is 2.68. The Hall–Kier alpha value is -1.80. The van der Waals surface area contributed by atoms with Crippen molar-refractivity contribution in [3.63, 3.8) is 0 Å². The Balaban J connectivity index is 1.65. The van der Waals surface area contributed by atoms with Crippen molar-refractivity contribution in [1.29, 1.82) is 0 Å². The van der Waals surface area contributed by atoms with E-state index in [1.807, 2.05) is 0 Å². The minimum absolute atomic E-state index is 0.447. The molecule has 2 aliphatic heterocycles. The van der Waals surface area contributed by atoms with E-state index < -0.39 is 5.95 Å². The first kappa shape index (κ1) is 16.1. The first-order chi connectivity index (χ1) is 11.2. The summed E-state index contributed by atoms with van der Waals surface area (Å²) >= 11 is 5.41. The highest BCUT2D eigenvalue weighted by molar-refractivity contribution is 7.80. The minimum atomic E-state index is -0.541. The summed E-state index contributed by atoms with van der Waals surface area (Å²) < 4.78 is 18.8. The molecule has 8 heteroatoms. The van der Waals surface area contributed by atoms with E-state index in [0.29, 0.717) is 35.3 Å². The van der Waals surface area contributed by atoms with Crippen LogP contribution in [0.25, 0.3) is 0 Å². The van der Waals surface area contributed by atoms with E-state index in [1.165, 1.54) is 6.07 Å². The number of nitrogens with zero attached hydrogens (tertiary/aromatic N) is 4. The maximum Gasteiger partial charge on any atom is 0.213 e. The minimum Gasteiger partial charge on any atom is -0.491 e. The second-order valence-corrected chi connectivity index (χ2v) is 5.86. The highest BCUT2D eigenvalue weighted by Gasteiger charge is 2.21. The van der Waals surface area contributed by atoms with Crippen LogP contribution in [0, 0.1) is 5.95 Å². The molecule has 0 spiro atoms. The molecule has 1 fully saturated rings. The number of rotatable bonds is 2. The topological polar surface area (TPSA) is 53.0 Å². The summed E-state index contributed by atoms with van der Waals surface area (Å²) in [7, 11) is 0. The molecule has 3 heterocycles. The van der Waals surface area contributed by atoms with Gasteiger partial charge in [0.2, 0.25) is 5.95 Å². The van der Waals surface area contributed by atoms with Gasteiger partial charge in [0, 0.05) is 32.6 Å². The second kappa shape index (κ2) is 7.18. The average Bonchev–Trinajstić information content (AvgIpc) is 2.59. The summed E-state index contributed by atoms with van der Waals surface area (Å²) in [6.45, 7) is 7.49. The lowest BCUT2D eigenvalue weighted by Gasteiger charge is -2.35. The molecule has 0 aromatic carbocycles. The van der Waals surface area contributed by atoms with Gasteiger partial charge in [-0.25, -0.2) is 4.98 Å². The summed E-state index contributed by atoms with van der Waals surface area (Å²) in [5.41, 5.74) is 4.04. The van der Waals surface area contributed by atoms with Crippen LogP contribution in [0.4, 0.5) is 4.39 Å². The molecule has 1 N–H and O–H groups in total. The third kappa shape index (κ3) is 3.76. The number of hydrogen-bond donors (Lipinski definition) is 1. The van der Waals surface area contributed by atoms with Crippen LogP contribution in [0.2, 0.25) is 0 Å². The molecule has 1 aromatic heterocycles. The Kier molecular flexibility index (Phi) is 5.02. The number of nitrogens with one attached hydrogen (secondary N) is 1. The number of piperazine rings is 1. The van der Waals surface area contributed by atoms with Gasteiger partial charge in [-0.2, -0.15) is 9.49 Å². The monoisotopic (exact) mass is 337 g/mol. The van der Waals surface area contributed by atoms with Gasteiger partial charge in [0.25, 0.3) is 0 Å². The highest BCUT2D eigenvalue weighted by atomic mass is 32.1. The van der Waals surface area contributed by atoms with Gasteiger partial charge in [-0.3, -0.25) is 5.43 Å². The maximum atomic E-state index is 13.3. The van der Waals surface area contributed by atoms with Crippen molar-refractivity contribution in [2.24, 2.45) is 5.10 Å². The lowest BCUT2D eigenvalue weighted by molar-refractivity contribution is 0.189. The number of halogens is 1. The van der Waals surface area contributed by atoms with Gasteiger partial charge in [0.1, 0.15) is 11.4 Å². The normalized spacial score (nSPS) is 20.1. The Bertz CT molecular complexity index is 616. The molecule has 1 saturated heterocycles. The lowest BCUT2D eigenvalue weighted by atomic mass is 10.1. The Morgan fingerprint density at radius 2 is 2.17 bits per heavy atom. The van der Waals surface area contributed by atoms with Crippen LogP contribution in [0.1, 0.15) is 19.0 Å². The predicted molar refractivity (Wildman–Crippen MR) is 90.3 cm³/mol. The highest BCUT2D eigenvalue weighted by Crippen LogP contribution is 2.23. The van der Waals surface area contributed by atoms with Gasteiger partial charge in [0.05, 0.1) is 12.3 Å². The largest absolute Gasteiger partial charge is 0.491 e. The predicted octanol–water partition coefficient (Wildman–Crippen LogP) is 1.22. The van der Waals surface area contributed by atoms with Crippen molar-refractivity contribution < 1.29 is 9.13 Å². The van der Waals surface area contributed by atoms with E-state index in [-0.39, 0.29) is 0 Å². The van der Waals surface area contributed by atoms with Gasteiger partial charge in [0.15, 0.2) is 5.11 Å². The van der Waals surface area contributed by atoms with Crippen molar-refractivity contribution in [2.45, 2.75) is 13.3 Å². The molecule has 0 aliphatic carbocycles. The number of aromatic nitrogens is 1. The maximum absolute atomic E-state index is 13.3. The van der Waals surface area contributed by atoms with Crippen LogP contribution in [0.15, 0.2) is 17.2 Å². The van der Waals surface area contributed by atoms with E-state index in [9.17, 15) is 4.39 Å². The molecule has 124 valence electrons. The van der Waals surface area contributed by atoms with Crippen LogP contribution in [0.3, 0.4) is 0 Å². The molecule has 2 aliphatic rings. The van der Waals surface area contributed by atoms with Gasteiger partial charge in [-0.05, 0) is 30.9 Å². The second-order valence-electron chi connectivity index (χ2n) is 5.48. The smallest absolute Gasteiger partial charge is 0.213 e. The molecule has 6 nitrogen and oxygen atoms in total. The Morgan fingerprint density at radius 3 is 2.91 bits per heavy atom. The summed E-state index contributed by atoms with van der Waals surface area (Å²) in [6.07, 6.45) is 0.572. The van der Waals surface area contributed by atoms with E-state index >= 15 is 0 Å². The van der Waals surface area contributed by atoms with Crippen LogP contribution in [0.5, 0.6) is 5.75 Å². The van der Waals surface area contributed by atoms with Gasteiger partial charge in [-0.1, -0.05) is 6.92 Å². The summed E-state index contributed by atoms with van der Waals surface area (Å²) in [6, 6.07) is 2.86. The standard InChI is InChI=1S/C15H20FN5OS/c1-2-20-6-8-21(9-7-20)15(23)19-18-11-5-10-22-12-3-4-13(16)17-14(11)12/h3-4H,2,5-10H2,1H3,(H,19,23)/b18-11-. The fraction of sp³-hybridized carbons (Fsp3) is 0.533. The molecule has 0 saturated carbocycles. The summed E-state index contributed by atoms with van der Waals surface area (Å²) in [4.78, 5) is 8.36. The molecule has 0 unspecified atom stereocenters. The summed E-state index contributed by atoms with van der Waals surface area (Å²) in [5, 5.41) is 4.94. The Morgan fingerprint density at radius 1 is 1.39 bits per heavy atom. The number of ether oxygens (including phenoxy) is 1. The van der Waals surface area contributed by atoms with Gasteiger partial charge < -0.3 is 14.5 Å². The van der Waals surface area contributed by atoms with E-state index in [4.69, 9.17) is 17.0 Å². The number of fused-ring (bicyclic) bond motifs is 1. The number of likely N-dealkylation sites (N-methyl/N-ethyl adjacent to an activating group) is 1. The van der Waals surface area contributed by atoms with Crippen molar-refractivity contribution in [1.82, 2.24) is 20.2 Å². The van der Waals surface area contributed by atoms with E-state index in [0.717, 1.165) is 32.7 Å². The molecular formula is C15H20FN5OS. The lowest BCUT2D eigenvalue weighted by Crippen LogP contribution is -2.50. The fourth-order valence-corrected chi connectivity index (χ4v) is 2.91. The van der Waals surface area contributed by atoms with Crippen molar-refractivity contribution in [3.8, 4) is 5.75 Å². The molecule has 23 heavy (non-hydrogen) atoms. The number of hydrazone groups is 1. The zero-order chi connectivity index (χ0) is 16.2. The van der Waals surface area contributed by atoms with Crippen LogP contribution in [-0.2, 0) is 0 Å². The third-order valence-electron chi connectivity index (χ3n) is 4.09. The quantitative estimate of drug-likeness (QED) is 0.498. The first-order valence-corrected chi connectivity index (χ1v) is 8.21. The molecular weight excluding hydrogens is 317 g/mol. The van der Waals surface area contributed by atoms with Gasteiger partial charge in [-0.15, -0.1) is 0 Å². The van der Waals surface area contributed by atoms with Crippen molar-refractivity contribution in [2.75, 3.05) is 39.3 Å². The Labute approximate surface area is 140 Å². The third-order valence-corrected chi connectivity index (χ3v) is 4.44. The molecule has 0 radical (unpaired) electrons. The van der Waals surface area contributed by atoms with E-state index in [1.54, 1.807) is 6.07 Å². The van der Waals surface area contributed by atoms with Crippen LogP contribution >= 0.6 is 12.2 Å². The van der Waals surface area contributed by atoms with Crippen molar-refractivity contribution >= 4 is 23.0 Å².